The minimum absolute atomic E-state index is 0.00108. The Morgan fingerprint density at radius 2 is 2.11 bits per heavy atom. The third kappa shape index (κ3) is 3.04. The van der Waals surface area contributed by atoms with Gasteiger partial charge in [-0.05, 0) is 35.4 Å². The molecule has 0 saturated carbocycles. The van der Waals surface area contributed by atoms with Crippen molar-refractivity contribution in [1.82, 2.24) is 14.9 Å². The van der Waals surface area contributed by atoms with Crippen LogP contribution in [-0.2, 0) is 19.5 Å². The fraction of sp³-hybridized carbons (Fsp3) is 0.238. The summed E-state index contributed by atoms with van der Waals surface area (Å²) in [6.45, 7) is 4.68. The number of H-pyrrole nitrogens is 1. The van der Waals surface area contributed by atoms with E-state index in [9.17, 15) is 4.79 Å². The first-order valence-electron chi connectivity index (χ1n) is 9.04. The summed E-state index contributed by atoms with van der Waals surface area (Å²) < 4.78 is 1.34. The maximum atomic E-state index is 12.7. The van der Waals surface area contributed by atoms with E-state index in [1.165, 1.54) is 20.5 Å². The second-order valence-electron chi connectivity index (χ2n) is 6.92. The van der Waals surface area contributed by atoms with E-state index in [1.807, 2.05) is 28.8 Å². The zero-order valence-electron chi connectivity index (χ0n) is 15.0. The van der Waals surface area contributed by atoms with Crippen molar-refractivity contribution in [3.8, 4) is 10.7 Å². The predicted octanol–water partition coefficient (Wildman–Crippen LogP) is 4.58. The maximum absolute atomic E-state index is 12.7. The second kappa shape index (κ2) is 6.71. The summed E-state index contributed by atoms with van der Waals surface area (Å²) in [6.07, 6.45) is 0.821. The molecule has 0 atom stereocenters. The molecule has 4 nitrogen and oxygen atoms in total. The molecular weight excluding hydrogens is 374 g/mol. The molecule has 1 aliphatic heterocycles. The smallest absolute Gasteiger partial charge is 0.255 e. The van der Waals surface area contributed by atoms with Crippen LogP contribution in [0.4, 0.5) is 0 Å². The second-order valence-corrected chi connectivity index (χ2v) is 9.01. The number of hydrogen-bond acceptors (Lipinski definition) is 5. The lowest BCUT2D eigenvalue weighted by atomic mass is 10.1. The van der Waals surface area contributed by atoms with Gasteiger partial charge in [-0.1, -0.05) is 24.3 Å². The number of aromatic nitrogens is 2. The van der Waals surface area contributed by atoms with Gasteiger partial charge in [-0.15, -0.1) is 22.7 Å². The molecule has 0 bridgehead atoms. The molecule has 0 aliphatic carbocycles. The molecule has 0 fully saturated rings. The Morgan fingerprint density at radius 1 is 1.22 bits per heavy atom. The molecule has 3 aromatic heterocycles. The quantitative estimate of drug-likeness (QED) is 0.554. The van der Waals surface area contributed by atoms with Crippen LogP contribution < -0.4 is 5.56 Å². The average molecular weight is 394 g/mol. The van der Waals surface area contributed by atoms with Crippen LogP contribution in [0.5, 0.6) is 0 Å². The monoisotopic (exact) mass is 393 g/mol. The molecule has 0 radical (unpaired) electrons. The van der Waals surface area contributed by atoms with E-state index in [0.717, 1.165) is 35.6 Å². The Labute approximate surface area is 165 Å². The standard InChI is InChI=1S/C21H19N3OS2/c1-13-14-5-2-3-6-17(14)27-19(13)12-24-9-8-16-15(11-24)21(25)23-20(22-16)18-7-4-10-26-18/h2-7,10H,8-9,11-12H2,1H3,(H,22,23,25). The van der Waals surface area contributed by atoms with Crippen LogP contribution in [0, 0.1) is 6.92 Å². The maximum Gasteiger partial charge on any atom is 0.255 e. The third-order valence-electron chi connectivity index (χ3n) is 5.21. The summed E-state index contributed by atoms with van der Waals surface area (Å²) in [4.78, 5) is 25.1. The van der Waals surface area contributed by atoms with Crippen molar-refractivity contribution in [1.29, 1.82) is 0 Å². The van der Waals surface area contributed by atoms with Gasteiger partial charge in [-0.2, -0.15) is 0 Å². The molecule has 1 N–H and O–H groups in total. The molecule has 4 heterocycles. The number of rotatable bonds is 3. The summed E-state index contributed by atoms with van der Waals surface area (Å²) in [5.41, 5.74) is 3.13. The Bertz CT molecular complexity index is 1170. The van der Waals surface area contributed by atoms with E-state index in [2.05, 4.69) is 41.1 Å². The summed E-state index contributed by atoms with van der Waals surface area (Å²) in [6, 6.07) is 12.5. The first kappa shape index (κ1) is 16.9. The minimum atomic E-state index is 0.00108. The summed E-state index contributed by atoms with van der Waals surface area (Å²) in [7, 11) is 0. The number of thiophene rings is 2. The molecule has 1 aromatic carbocycles. The van der Waals surface area contributed by atoms with Crippen molar-refractivity contribution in [3.63, 3.8) is 0 Å². The summed E-state index contributed by atoms with van der Waals surface area (Å²) in [5, 5.41) is 3.35. The topological polar surface area (TPSA) is 49.0 Å². The van der Waals surface area contributed by atoms with Gasteiger partial charge < -0.3 is 4.98 Å². The van der Waals surface area contributed by atoms with Gasteiger partial charge in [0.2, 0.25) is 0 Å². The molecule has 1 aliphatic rings. The van der Waals surface area contributed by atoms with Gasteiger partial charge in [0.15, 0.2) is 5.82 Å². The van der Waals surface area contributed by atoms with Gasteiger partial charge in [0.05, 0.1) is 16.1 Å². The Balaban J connectivity index is 1.42. The molecule has 0 spiro atoms. The van der Waals surface area contributed by atoms with Crippen LogP contribution in [0.3, 0.4) is 0 Å². The zero-order valence-corrected chi connectivity index (χ0v) is 16.6. The van der Waals surface area contributed by atoms with Gasteiger partial charge >= 0.3 is 0 Å². The van der Waals surface area contributed by atoms with Crippen molar-refractivity contribution in [2.45, 2.75) is 26.4 Å². The van der Waals surface area contributed by atoms with Crippen LogP contribution in [0.15, 0.2) is 46.6 Å². The Hall–Kier alpha value is -2.28. The largest absolute Gasteiger partial charge is 0.306 e. The number of benzene rings is 1. The summed E-state index contributed by atoms with van der Waals surface area (Å²) >= 11 is 3.46. The molecule has 6 heteroatoms. The highest BCUT2D eigenvalue weighted by molar-refractivity contribution is 7.19. The van der Waals surface area contributed by atoms with Crippen LogP contribution >= 0.6 is 22.7 Å². The zero-order chi connectivity index (χ0) is 18.4. The lowest BCUT2D eigenvalue weighted by Gasteiger charge is -2.27. The van der Waals surface area contributed by atoms with Crippen LogP contribution in [-0.4, -0.2) is 21.4 Å². The fourth-order valence-electron chi connectivity index (χ4n) is 3.72. The van der Waals surface area contributed by atoms with Gasteiger partial charge in [0.1, 0.15) is 0 Å². The minimum Gasteiger partial charge on any atom is -0.306 e. The Kier molecular flexibility index (Phi) is 4.19. The van der Waals surface area contributed by atoms with Gasteiger partial charge in [0, 0.05) is 35.6 Å². The lowest BCUT2D eigenvalue weighted by molar-refractivity contribution is 0.243. The molecule has 4 aromatic rings. The average Bonchev–Trinajstić information content (AvgIpc) is 3.32. The van der Waals surface area contributed by atoms with Crippen molar-refractivity contribution in [2.75, 3.05) is 6.54 Å². The van der Waals surface area contributed by atoms with Crippen LogP contribution in [0.1, 0.15) is 21.7 Å². The van der Waals surface area contributed by atoms with Crippen molar-refractivity contribution < 1.29 is 0 Å². The van der Waals surface area contributed by atoms with Gasteiger partial charge in [0.25, 0.3) is 5.56 Å². The fourth-order valence-corrected chi connectivity index (χ4v) is 5.65. The number of aromatic amines is 1. The van der Waals surface area contributed by atoms with E-state index in [0.29, 0.717) is 12.4 Å². The third-order valence-corrected chi connectivity index (χ3v) is 7.35. The highest BCUT2D eigenvalue weighted by Gasteiger charge is 2.23. The molecule has 0 unspecified atom stereocenters. The van der Waals surface area contributed by atoms with Crippen molar-refractivity contribution in [3.05, 3.63) is 73.8 Å². The first-order chi connectivity index (χ1) is 13.2. The molecule has 0 amide bonds. The molecule has 136 valence electrons. The highest BCUT2D eigenvalue weighted by atomic mass is 32.1. The van der Waals surface area contributed by atoms with E-state index < -0.39 is 0 Å². The van der Waals surface area contributed by atoms with Gasteiger partial charge in [-0.25, -0.2) is 4.98 Å². The SMILES string of the molecule is Cc1c(CN2CCc3nc(-c4cccs4)[nH]c(=O)c3C2)sc2ccccc12. The van der Waals surface area contributed by atoms with Gasteiger partial charge in [-0.3, -0.25) is 9.69 Å². The van der Waals surface area contributed by atoms with E-state index in [-0.39, 0.29) is 5.56 Å². The predicted molar refractivity (Wildman–Crippen MR) is 113 cm³/mol. The molecule has 5 rings (SSSR count). The van der Waals surface area contributed by atoms with Crippen molar-refractivity contribution in [2.24, 2.45) is 0 Å². The molecular formula is C21H19N3OS2. The van der Waals surface area contributed by atoms with E-state index in [4.69, 9.17) is 4.98 Å². The lowest BCUT2D eigenvalue weighted by Crippen LogP contribution is -2.35. The number of fused-ring (bicyclic) bond motifs is 2. The number of aryl methyl sites for hydroxylation is 1. The molecule has 0 saturated heterocycles. The van der Waals surface area contributed by atoms with Crippen LogP contribution in [0.2, 0.25) is 0 Å². The number of nitrogens with zero attached hydrogens (tertiary/aromatic N) is 2. The number of hydrogen-bond donors (Lipinski definition) is 1. The van der Waals surface area contributed by atoms with Crippen LogP contribution in [0.25, 0.3) is 20.8 Å². The van der Waals surface area contributed by atoms with E-state index in [1.54, 1.807) is 11.3 Å². The highest BCUT2D eigenvalue weighted by Crippen LogP contribution is 2.32. The van der Waals surface area contributed by atoms with Crippen molar-refractivity contribution >= 4 is 32.8 Å². The summed E-state index contributed by atoms with van der Waals surface area (Å²) in [5.74, 6) is 0.697. The normalized spacial score (nSPS) is 14.6. The molecule has 27 heavy (non-hydrogen) atoms. The number of nitrogens with one attached hydrogen (secondary N) is 1. The first-order valence-corrected chi connectivity index (χ1v) is 10.7. The van der Waals surface area contributed by atoms with E-state index >= 15 is 0 Å². The Morgan fingerprint density at radius 3 is 2.93 bits per heavy atom.